The lowest BCUT2D eigenvalue weighted by Gasteiger charge is -2.17. The molecule has 0 bridgehead atoms. The Morgan fingerprint density at radius 2 is 2.06 bits per heavy atom. The molecule has 0 amide bonds. The molecule has 0 spiro atoms. The highest BCUT2D eigenvalue weighted by atomic mass is 35.5. The summed E-state index contributed by atoms with van der Waals surface area (Å²) in [6.45, 7) is -0.511. The molecule has 2 unspecified atom stereocenters. The molecule has 18 heavy (non-hydrogen) atoms. The van der Waals surface area contributed by atoms with Crippen LogP contribution in [0.25, 0.3) is 0 Å². The van der Waals surface area contributed by atoms with Crippen molar-refractivity contribution in [3.05, 3.63) is 39.4 Å². The van der Waals surface area contributed by atoms with E-state index in [2.05, 4.69) is 0 Å². The standard InChI is InChI=1S/C11H14ClNO5/c12-4-3-10(15)11(16)7-1-2-9(13(17)18)8(5-7)6-14/h1-2,5,10-11,14-16H,3-4,6H2. The maximum absolute atomic E-state index is 10.7. The highest BCUT2D eigenvalue weighted by Crippen LogP contribution is 2.26. The minimum absolute atomic E-state index is 0.0922. The van der Waals surface area contributed by atoms with E-state index in [0.717, 1.165) is 0 Å². The Kier molecular flexibility index (Phi) is 5.49. The molecule has 0 aliphatic heterocycles. The third kappa shape index (κ3) is 3.39. The Bertz CT molecular complexity index is 426. The topological polar surface area (TPSA) is 104 Å². The lowest BCUT2D eigenvalue weighted by molar-refractivity contribution is -0.385. The van der Waals surface area contributed by atoms with E-state index in [1.165, 1.54) is 18.2 Å². The zero-order valence-corrected chi connectivity index (χ0v) is 10.2. The molecular formula is C11H14ClNO5. The Balaban J connectivity index is 3.01. The smallest absolute Gasteiger partial charge is 0.274 e. The fraction of sp³-hybridized carbons (Fsp3) is 0.455. The zero-order valence-electron chi connectivity index (χ0n) is 9.49. The Morgan fingerprint density at radius 1 is 1.39 bits per heavy atom. The molecule has 0 saturated carbocycles. The quantitative estimate of drug-likeness (QED) is 0.410. The van der Waals surface area contributed by atoms with Gasteiger partial charge in [-0.25, -0.2) is 0 Å². The molecule has 0 aromatic heterocycles. The first-order valence-corrected chi connectivity index (χ1v) is 5.85. The summed E-state index contributed by atoms with van der Waals surface area (Å²) in [5.41, 5.74) is 0.178. The van der Waals surface area contributed by atoms with Crippen LogP contribution in [0.3, 0.4) is 0 Å². The van der Waals surface area contributed by atoms with Crippen LogP contribution in [0.2, 0.25) is 0 Å². The summed E-state index contributed by atoms with van der Waals surface area (Å²) in [5.74, 6) is 0.193. The Labute approximate surface area is 109 Å². The summed E-state index contributed by atoms with van der Waals surface area (Å²) in [5, 5.41) is 39.1. The number of rotatable bonds is 6. The lowest BCUT2D eigenvalue weighted by Crippen LogP contribution is -2.19. The van der Waals surface area contributed by atoms with Crippen LogP contribution in [-0.4, -0.2) is 32.2 Å². The Morgan fingerprint density at radius 3 is 2.56 bits per heavy atom. The third-order valence-corrected chi connectivity index (χ3v) is 2.80. The minimum atomic E-state index is -1.19. The van der Waals surface area contributed by atoms with Crippen LogP contribution in [0.5, 0.6) is 0 Å². The fourth-order valence-electron chi connectivity index (χ4n) is 1.59. The Hall–Kier alpha value is -1.21. The molecule has 0 aliphatic rings. The SMILES string of the molecule is O=[N+]([O-])c1ccc(C(O)C(O)CCCl)cc1CO. The molecule has 1 aromatic rings. The normalized spacial score (nSPS) is 14.2. The number of aliphatic hydroxyl groups is 3. The monoisotopic (exact) mass is 275 g/mol. The molecule has 2 atom stereocenters. The molecule has 1 aromatic carbocycles. The van der Waals surface area contributed by atoms with Gasteiger partial charge in [0.25, 0.3) is 5.69 Å². The fourth-order valence-corrected chi connectivity index (χ4v) is 1.81. The average Bonchev–Trinajstić information content (AvgIpc) is 2.37. The first-order chi connectivity index (χ1) is 8.51. The number of hydrogen-bond donors (Lipinski definition) is 3. The van der Waals surface area contributed by atoms with Crippen LogP contribution in [0.15, 0.2) is 18.2 Å². The van der Waals surface area contributed by atoms with E-state index in [4.69, 9.17) is 16.7 Å². The second-order valence-corrected chi connectivity index (χ2v) is 4.17. The van der Waals surface area contributed by atoms with Gasteiger partial charge in [-0.3, -0.25) is 10.1 Å². The van der Waals surface area contributed by atoms with E-state index in [1.807, 2.05) is 0 Å². The molecule has 6 nitrogen and oxygen atoms in total. The maximum Gasteiger partial charge on any atom is 0.274 e. The number of alkyl halides is 1. The van der Waals surface area contributed by atoms with Crippen molar-refractivity contribution in [2.75, 3.05) is 5.88 Å². The van der Waals surface area contributed by atoms with E-state index in [1.54, 1.807) is 0 Å². The molecule has 100 valence electrons. The van der Waals surface area contributed by atoms with Crippen LogP contribution in [0, 0.1) is 10.1 Å². The van der Waals surface area contributed by atoms with Gasteiger partial charge < -0.3 is 15.3 Å². The number of halogens is 1. The second kappa shape index (κ2) is 6.65. The van der Waals surface area contributed by atoms with E-state index in [-0.39, 0.29) is 23.6 Å². The molecule has 0 aliphatic carbocycles. The lowest BCUT2D eigenvalue weighted by atomic mass is 10.00. The van der Waals surface area contributed by atoms with Crippen molar-refractivity contribution in [3.63, 3.8) is 0 Å². The molecule has 0 fully saturated rings. The number of benzene rings is 1. The molecular weight excluding hydrogens is 262 g/mol. The number of nitrogens with zero attached hydrogens (tertiary/aromatic N) is 1. The van der Waals surface area contributed by atoms with Crippen molar-refractivity contribution in [2.24, 2.45) is 0 Å². The van der Waals surface area contributed by atoms with Gasteiger partial charge in [-0.05, 0) is 24.1 Å². The minimum Gasteiger partial charge on any atom is -0.391 e. The van der Waals surface area contributed by atoms with Gasteiger partial charge in [0.05, 0.1) is 23.2 Å². The average molecular weight is 276 g/mol. The summed E-state index contributed by atoms with van der Waals surface area (Å²) in [7, 11) is 0. The van der Waals surface area contributed by atoms with Gasteiger partial charge in [-0.2, -0.15) is 0 Å². The summed E-state index contributed by atoms with van der Waals surface area (Å²) >= 11 is 5.45. The summed E-state index contributed by atoms with van der Waals surface area (Å²) in [6, 6.07) is 3.84. The first-order valence-electron chi connectivity index (χ1n) is 5.31. The summed E-state index contributed by atoms with van der Waals surface area (Å²) in [4.78, 5) is 10.0. The number of aliphatic hydroxyl groups excluding tert-OH is 3. The van der Waals surface area contributed by atoms with Gasteiger partial charge in [0.2, 0.25) is 0 Å². The first kappa shape index (κ1) is 14.8. The van der Waals surface area contributed by atoms with Gasteiger partial charge >= 0.3 is 0 Å². The van der Waals surface area contributed by atoms with E-state index < -0.39 is 23.7 Å². The molecule has 0 radical (unpaired) electrons. The van der Waals surface area contributed by atoms with Gasteiger partial charge in [-0.15, -0.1) is 11.6 Å². The van der Waals surface area contributed by atoms with Crippen molar-refractivity contribution in [2.45, 2.75) is 25.2 Å². The van der Waals surface area contributed by atoms with E-state index in [0.29, 0.717) is 5.56 Å². The van der Waals surface area contributed by atoms with Crippen molar-refractivity contribution in [1.29, 1.82) is 0 Å². The van der Waals surface area contributed by atoms with Gasteiger partial charge in [0.1, 0.15) is 6.10 Å². The van der Waals surface area contributed by atoms with E-state index >= 15 is 0 Å². The van der Waals surface area contributed by atoms with Crippen LogP contribution in [-0.2, 0) is 6.61 Å². The van der Waals surface area contributed by atoms with Crippen LogP contribution < -0.4 is 0 Å². The predicted molar refractivity (Wildman–Crippen MR) is 65.3 cm³/mol. The van der Waals surface area contributed by atoms with Crippen molar-refractivity contribution in [3.8, 4) is 0 Å². The van der Waals surface area contributed by atoms with Crippen molar-refractivity contribution >= 4 is 17.3 Å². The van der Waals surface area contributed by atoms with Crippen LogP contribution in [0.4, 0.5) is 5.69 Å². The van der Waals surface area contributed by atoms with E-state index in [9.17, 15) is 20.3 Å². The zero-order chi connectivity index (χ0) is 13.7. The van der Waals surface area contributed by atoms with Gasteiger partial charge in [-0.1, -0.05) is 0 Å². The number of nitro benzene ring substituents is 1. The number of nitro groups is 1. The highest BCUT2D eigenvalue weighted by Gasteiger charge is 2.21. The van der Waals surface area contributed by atoms with Gasteiger partial charge in [0, 0.05) is 11.9 Å². The maximum atomic E-state index is 10.7. The largest absolute Gasteiger partial charge is 0.391 e. The van der Waals surface area contributed by atoms with Crippen molar-refractivity contribution in [1.82, 2.24) is 0 Å². The second-order valence-electron chi connectivity index (χ2n) is 3.79. The molecule has 3 N–H and O–H groups in total. The molecule has 0 heterocycles. The van der Waals surface area contributed by atoms with Crippen LogP contribution in [0.1, 0.15) is 23.7 Å². The number of hydrogen-bond acceptors (Lipinski definition) is 5. The van der Waals surface area contributed by atoms with Crippen LogP contribution >= 0.6 is 11.6 Å². The highest BCUT2D eigenvalue weighted by molar-refractivity contribution is 6.17. The molecule has 0 saturated heterocycles. The van der Waals surface area contributed by atoms with Crippen molar-refractivity contribution < 1.29 is 20.2 Å². The van der Waals surface area contributed by atoms with Gasteiger partial charge in [0.15, 0.2) is 0 Å². The molecule has 1 rings (SSSR count). The predicted octanol–water partition coefficient (Wildman–Crippen LogP) is 1.11. The summed E-state index contributed by atoms with van der Waals surface area (Å²) in [6.07, 6.45) is -2.03. The summed E-state index contributed by atoms with van der Waals surface area (Å²) < 4.78 is 0. The third-order valence-electron chi connectivity index (χ3n) is 2.58. The molecule has 7 heteroatoms.